The Kier molecular flexibility index (Phi) is 5.23. The van der Waals surface area contributed by atoms with E-state index in [0.717, 1.165) is 12.1 Å². The first-order valence-electron chi connectivity index (χ1n) is 7.63. The van der Waals surface area contributed by atoms with E-state index in [1.807, 2.05) is 6.07 Å². The van der Waals surface area contributed by atoms with Crippen molar-refractivity contribution in [3.63, 3.8) is 0 Å². The number of hydrogen-bond donors (Lipinski definition) is 2. The minimum absolute atomic E-state index is 0.0368. The number of halogens is 2. The molecule has 0 aliphatic carbocycles. The quantitative estimate of drug-likeness (QED) is 0.710. The minimum atomic E-state index is -0.761. The second kappa shape index (κ2) is 7.76. The summed E-state index contributed by atoms with van der Waals surface area (Å²) >= 11 is 5.75. The number of carbonyl (C=O) groups is 1. The molecule has 0 saturated heterocycles. The van der Waals surface area contributed by atoms with Gasteiger partial charge in [0.05, 0.1) is 22.3 Å². The van der Waals surface area contributed by atoms with Crippen LogP contribution in [0.25, 0.3) is 5.95 Å². The molecule has 1 aromatic carbocycles. The third kappa shape index (κ3) is 3.99. The summed E-state index contributed by atoms with van der Waals surface area (Å²) in [6, 6.07) is 4.30. The summed E-state index contributed by atoms with van der Waals surface area (Å²) in [5.41, 5.74) is -0.129. The van der Waals surface area contributed by atoms with Gasteiger partial charge >= 0.3 is 6.03 Å². The molecule has 3 aromatic rings. The molecule has 0 fully saturated rings. The lowest BCUT2D eigenvalue weighted by molar-refractivity contribution is 0.248. The molecule has 0 bridgehead atoms. The van der Waals surface area contributed by atoms with Gasteiger partial charge < -0.3 is 10.6 Å². The molecule has 136 valence electrons. The second-order valence-corrected chi connectivity index (χ2v) is 5.73. The highest BCUT2D eigenvalue weighted by molar-refractivity contribution is 6.31. The molecule has 27 heavy (non-hydrogen) atoms. The van der Waals surface area contributed by atoms with Crippen LogP contribution in [-0.4, -0.2) is 30.8 Å². The Morgan fingerprint density at radius 3 is 2.78 bits per heavy atom. The van der Waals surface area contributed by atoms with Gasteiger partial charge in [-0.1, -0.05) is 11.6 Å². The van der Waals surface area contributed by atoms with Crippen molar-refractivity contribution < 1.29 is 9.18 Å². The third-order valence-electron chi connectivity index (χ3n) is 3.48. The van der Waals surface area contributed by atoms with Gasteiger partial charge in [-0.25, -0.2) is 24.1 Å². The fourth-order valence-corrected chi connectivity index (χ4v) is 2.44. The number of benzene rings is 1. The topological polar surface area (TPSA) is 121 Å². The van der Waals surface area contributed by atoms with Crippen molar-refractivity contribution in [1.82, 2.24) is 30.0 Å². The molecule has 1 atom stereocenters. The van der Waals surface area contributed by atoms with Gasteiger partial charge in [-0.15, -0.1) is 0 Å². The van der Waals surface area contributed by atoms with E-state index in [4.69, 9.17) is 16.9 Å². The van der Waals surface area contributed by atoms with E-state index in [2.05, 4.69) is 30.7 Å². The molecule has 11 heteroatoms. The van der Waals surface area contributed by atoms with Crippen molar-refractivity contribution >= 4 is 23.3 Å². The fraction of sp³-hybridized carbons (Fsp3) is 0.125. The van der Waals surface area contributed by atoms with Gasteiger partial charge in [-0.3, -0.25) is 0 Å². The summed E-state index contributed by atoms with van der Waals surface area (Å²) in [5.74, 6) is -0.0882. The van der Waals surface area contributed by atoms with Crippen LogP contribution in [0.1, 0.15) is 24.4 Å². The standard InChI is InChI=1S/C16H12ClFN8O/c1-9(14-22-8-23-26(14)15-20-3-2-4-21-15)24-16(27)25-13-5-10(7-19)11(17)6-12(13)18/h2-6,8-9H,1H3,(H2,24,25,27)/t9-/m0/s1. The summed E-state index contributed by atoms with van der Waals surface area (Å²) < 4.78 is 15.3. The van der Waals surface area contributed by atoms with Crippen LogP contribution in [0.4, 0.5) is 14.9 Å². The highest BCUT2D eigenvalue weighted by atomic mass is 35.5. The van der Waals surface area contributed by atoms with Gasteiger partial charge in [0.1, 0.15) is 18.2 Å². The predicted octanol–water partition coefficient (Wildman–Crippen LogP) is 2.60. The van der Waals surface area contributed by atoms with Gasteiger partial charge in [0.15, 0.2) is 5.82 Å². The average molecular weight is 387 g/mol. The van der Waals surface area contributed by atoms with E-state index in [0.29, 0.717) is 11.8 Å². The van der Waals surface area contributed by atoms with Crippen molar-refractivity contribution in [2.24, 2.45) is 0 Å². The van der Waals surface area contributed by atoms with Crippen LogP contribution in [0.15, 0.2) is 36.9 Å². The molecule has 3 rings (SSSR count). The molecule has 0 spiro atoms. The van der Waals surface area contributed by atoms with E-state index in [1.54, 1.807) is 25.4 Å². The van der Waals surface area contributed by atoms with E-state index in [1.165, 1.54) is 11.0 Å². The van der Waals surface area contributed by atoms with Crippen LogP contribution in [-0.2, 0) is 0 Å². The van der Waals surface area contributed by atoms with E-state index in [-0.39, 0.29) is 16.3 Å². The van der Waals surface area contributed by atoms with E-state index >= 15 is 0 Å². The van der Waals surface area contributed by atoms with Crippen LogP contribution in [0.3, 0.4) is 0 Å². The molecule has 2 heterocycles. The number of urea groups is 1. The number of carbonyl (C=O) groups excluding carboxylic acids is 1. The highest BCUT2D eigenvalue weighted by Gasteiger charge is 2.19. The van der Waals surface area contributed by atoms with Gasteiger partial charge in [0, 0.05) is 12.4 Å². The Balaban J connectivity index is 1.75. The molecular weight excluding hydrogens is 375 g/mol. The maximum Gasteiger partial charge on any atom is 0.319 e. The van der Waals surface area contributed by atoms with Crippen molar-refractivity contribution in [1.29, 1.82) is 5.26 Å². The van der Waals surface area contributed by atoms with Crippen LogP contribution >= 0.6 is 11.6 Å². The summed E-state index contributed by atoms with van der Waals surface area (Å²) in [7, 11) is 0. The maximum absolute atomic E-state index is 13.9. The smallest absolute Gasteiger partial charge is 0.319 e. The average Bonchev–Trinajstić information content (AvgIpc) is 3.14. The summed E-state index contributed by atoms with van der Waals surface area (Å²) in [4.78, 5) is 24.5. The zero-order valence-electron chi connectivity index (χ0n) is 13.9. The van der Waals surface area contributed by atoms with Crippen LogP contribution < -0.4 is 10.6 Å². The van der Waals surface area contributed by atoms with Crippen molar-refractivity contribution in [2.75, 3.05) is 5.32 Å². The number of nitrogens with zero attached hydrogens (tertiary/aromatic N) is 6. The van der Waals surface area contributed by atoms with E-state index < -0.39 is 17.9 Å². The Morgan fingerprint density at radius 2 is 2.07 bits per heavy atom. The number of anilines is 1. The fourth-order valence-electron chi connectivity index (χ4n) is 2.25. The minimum Gasteiger partial charge on any atom is -0.328 e. The summed E-state index contributed by atoms with van der Waals surface area (Å²) in [6.07, 6.45) is 4.41. The monoisotopic (exact) mass is 386 g/mol. The molecule has 2 aromatic heterocycles. The number of aromatic nitrogens is 5. The van der Waals surface area contributed by atoms with Crippen LogP contribution in [0.5, 0.6) is 0 Å². The van der Waals surface area contributed by atoms with Crippen LogP contribution in [0, 0.1) is 17.1 Å². The van der Waals surface area contributed by atoms with Gasteiger partial charge in [0.25, 0.3) is 5.95 Å². The van der Waals surface area contributed by atoms with Gasteiger partial charge in [0.2, 0.25) is 0 Å². The maximum atomic E-state index is 13.9. The predicted molar refractivity (Wildman–Crippen MR) is 93.6 cm³/mol. The molecule has 0 aliphatic heterocycles. The Morgan fingerprint density at radius 1 is 1.33 bits per heavy atom. The van der Waals surface area contributed by atoms with Gasteiger partial charge in [-0.05, 0) is 25.1 Å². The summed E-state index contributed by atoms with van der Waals surface area (Å²) in [6.45, 7) is 1.67. The molecule has 0 saturated carbocycles. The molecule has 0 unspecified atom stereocenters. The second-order valence-electron chi connectivity index (χ2n) is 5.32. The van der Waals surface area contributed by atoms with Crippen molar-refractivity contribution in [3.05, 3.63) is 59.1 Å². The zero-order chi connectivity index (χ0) is 19.4. The number of nitriles is 1. The lowest BCUT2D eigenvalue weighted by Gasteiger charge is -2.15. The van der Waals surface area contributed by atoms with E-state index in [9.17, 15) is 9.18 Å². The normalized spacial score (nSPS) is 11.5. The molecular formula is C16H12ClFN8O. The third-order valence-corrected chi connectivity index (χ3v) is 3.79. The molecule has 9 nitrogen and oxygen atoms in total. The molecule has 2 amide bonds. The molecule has 2 N–H and O–H groups in total. The van der Waals surface area contributed by atoms with Crippen LogP contribution in [0.2, 0.25) is 5.02 Å². The lowest BCUT2D eigenvalue weighted by Crippen LogP contribution is -2.33. The Hall–Kier alpha value is -3.58. The SMILES string of the molecule is C[C@H](NC(=O)Nc1cc(C#N)c(Cl)cc1F)c1ncnn1-c1ncccn1. The highest BCUT2D eigenvalue weighted by Crippen LogP contribution is 2.23. The zero-order valence-corrected chi connectivity index (χ0v) is 14.6. The first-order valence-corrected chi connectivity index (χ1v) is 8.01. The largest absolute Gasteiger partial charge is 0.328 e. The van der Waals surface area contributed by atoms with Gasteiger partial charge in [-0.2, -0.15) is 15.0 Å². The molecule has 0 radical (unpaired) electrons. The number of nitrogens with one attached hydrogen (secondary N) is 2. The van der Waals surface area contributed by atoms with Crippen molar-refractivity contribution in [2.45, 2.75) is 13.0 Å². The lowest BCUT2D eigenvalue weighted by atomic mass is 10.2. The Bertz CT molecular complexity index is 1020. The van der Waals surface area contributed by atoms with Crippen molar-refractivity contribution in [3.8, 4) is 12.0 Å². The first-order chi connectivity index (χ1) is 13.0. The molecule has 0 aliphatic rings. The summed E-state index contributed by atoms with van der Waals surface area (Å²) in [5, 5.41) is 17.9. The Labute approximate surface area is 157 Å². The number of amides is 2. The number of rotatable bonds is 4. The number of hydrogen-bond acceptors (Lipinski definition) is 6. The first kappa shape index (κ1) is 18.2.